The number of hydrogen-bond acceptors (Lipinski definition) is 4. The lowest BCUT2D eigenvalue weighted by atomic mass is 9.94. The Kier molecular flexibility index (Phi) is 4.61. The number of piperazine rings is 1. The van der Waals surface area contributed by atoms with Crippen LogP contribution in [0.5, 0.6) is 0 Å². The van der Waals surface area contributed by atoms with Crippen molar-refractivity contribution in [2.75, 3.05) is 13.1 Å². The summed E-state index contributed by atoms with van der Waals surface area (Å²) < 4.78 is 3.24. The molecule has 3 heterocycles. The van der Waals surface area contributed by atoms with E-state index in [0.717, 1.165) is 11.4 Å². The van der Waals surface area contributed by atoms with Crippen LogP contribution in [0.15, 0.2) is 12.1 Å². The minimum absolute atomic E-state index is 0.0536. The molecule has 2 amide bonds. The van der Waals surface area contributed by atoms with E-state index >= 15 is 0 Å². The Morgan fingerprint density at radius 3 is 1.93 bits per heavy atom. The highest BCUT2D eigenvalue weighted by Gasteiger charge is 2.43. The number of carbonyl (C=O) groups is 2. The second-order valence-corrected chi connectivity index (χ2v) is 8.10. The minimum Gasteiger partial charge on any atom is -0.331 e. The van der Waals surface area contributed by atoms with Crippen molar-refractivity contribution in [1.29, 1.82) is 0 Å². The number of nitrogens with zero attached hydrogens (tertiary/aromatic N) is 6. The molecule has 1 aliphatic heterocycles. The van der Waals surface area contributed by atoms with Gasteiger partial charge >= 0.3 is 0 Å². The van der Waals surface area contributed by atoms with Crippen molar-refractivity contribution in [2.45, 2.75) is 46.2 Å². The number of rotatable bonds is 2. The topological polar surface area (TPSA) is 76.3 Å². The third-order valence-electron chi connectivity index (χ3n) is 5.22. The van der Waals surface area contributed by atoms with Crippen molar-refractivity contribution >= 4 is 11.8 Å². The standard InChI is InChI=1S/C19H28N6O2/c1-12-8-15(22(6)20-12)17(26)24-11-19(4,5)25(10-14(24)3)18(27)16-9-13(2)21-23(16)7/h8-9,14H,10-11H2,1-7H3. The zero-order chi connectivity index (χ0) is 20.1. The number of amides is 2. The maximum absolute atomic E-state index is 13.1. The van der Waals surface area contributed by atoms with Gasteiger partial charge in [-0.3, -0.25) is 19.0 Å². The van der Waals surface area contributed by atoms with Crippen LogP contribution in [-0.4, -0.2) is 65.8 Å². The van der Waals surface area contributed by atoms with Gasteiger partial charge < -0.3 is 9.80 Å². The highest BCUT2D eigenvalue weighted by molar-refractivity contribution is 5.95. The van der Waals surface area contributed by atoms with E-state index in [9.17, 15) is 9.59 Å². The first-order valence-corrected chi connectivity index (χ1v) is 9.15. The summed E-state index contributed by atoms with van der Waals surface area (Å²) in [6.45, 7) is 10.6. The average molecular weight is 372 g/mol. The lowest BCUT2D eigenvalue weighted by Crippen LogP contribution is -2.65. The third-order valence-corrected chi connectivity index (χ3v) is 5.22. The van der Waals surface area contributed by atoms with Gasteiger partial charge in [0.2, 0.25) is 0 Å². The maximum atomic E-state index is 13.1. The van der Waals surface area contributed by atoms with Crippen LogP contribution < -0.4 is 0 Å². The number of hydrogen-bond donors (Lipinski definition) is 0. The molecule has 8 heteroatoms. The van der Waals surface area contributed by atoms with Gasteiger partial charge in [-0.25, -0.2) is 0 Å². The van der Waals surface area contributed by atoms with Gasteiger partial charge in [0.15, 0.2) is 0 Å². The SMILES string of the molecule is Cc1cc(C(=O)N2CC(C)(C)N(C(=O)c3cc(C)nn3C)CC2C)n(C)n1. The van der Waals surface area contributed by atoms with E-state index in [1.807, 2.05) is 44.4 Å². The third kappa shape index (κ3) is 3.36. The van der Waals surface area contributed by atoms with E-state index in [0.29, 0.717) is 24.5 Å². The first-order chi connectivity index (χ1) is 12.5. The molecule has 1 aliphatic rings. The molecule has 0 aliphatic carbocycles. The van der Waals surface area contributed by atoms with Gasteiger partial charge in [-0.05, 0) is 46.8 Å². The summed E-state index contributed by atoms with van der Waals surface area (Å²) in [5, 5.41) is 8.56. The van der Waals surface area contributed by atoms with Gasteiger partial charge in [-0.2, -0.15) is 10.2 Å². The number of aromatic nitrogens is 4. The summed E-state index contributed by atoms with van der Waals surface area (Å²) in [5.74, 6) is -0.111. The average Bonchev–Trinajstić information content (AvgIpc) is 3.08. The molecule has 8 nitrogen and oxygen atoms in total. The van der Waals surface area contributed by atoms with Crippen LogP contribution in [-0.2, 0) is 14.1 Å². The van der Waals surface area contributed by atoms with Gasteiger partial charge in [-0.15, -0.1) is 0 Å². The van der Waals surface area contributed by atoms with E-state index in [1.165, 1.54) is 0 Å². The fraction of sp³-hybridized carbons (Fsp3) is 0.579. The van der Waals surface area contributed by atoms with Crippen molar-refractivity contribution in [2.24, 2.45) is 14.1 Å². The van der Waals surface area contributed by atoms with Crippen LogP contribution >= 0.6 is 0 Å². The summed E-state index contributed by atoms with van der Waals surface area (Å²) >= 11 is 0. The quantitative estimate of drug-likeness (QED) is 0.801. The van der Waals surface area contributed by atoms with E-state index in [1.54, 1.807) is 35.6 Å². The van der Waals surface area contributed by atoms with Crippen LogP contribution in [0.4, 0.5) is 0 Å². The molecule has 0 N–H and O–H groups in total. The van der Waals surface area contributed by atoms with Crippen LogP contribution in [0.25, 0.3) is 0 Å². The van der Waals surface area contributed by atoms with E-state index < -0.39 is 5.54 Å². The summed E-state index contributed by atoms with van der Waals surface area (Å²) in [7, 11) is 3.56. The van der Waals surface area contributed by atoms with E-state index in [4.69, 9.17) is 0 Å². The summed E-state index contributed by atoms with van der Waals surface area (Å²) in [4.78, 5) is 29.9. The largest absolute Gasteiger partial charge is 0.331 e. The van der Waals surface area contributed by atoms with Gasteiger partial charge in [0, 0.05) is 33.2 Å². The van der Waals surface area contributed by atoms with Gasteiger partial charge in [0.05, 0.1) is 16.9 Å². The fourth-order valence-electron chi connectivity index (χ4n) is 3.80. The van der Waals surface area contributed by atoms with Crippen LogP contribution in [0.3, 0.4) is 0 Å². The lowest BCUT2D eigenvalue weighted by Gasteiger charge is -2.50. The molecule has 0 saturated carbocycles. The molecule has 1 saturated heterocycles. The van der Waals surface area contributed by atoms with Gasteiger partial charge in [0.25, 0.3) is 11.8 Å². The first-order valence-electron chi connectivity index (χ1n) is 9.15. The number of carbonyl (C=O) groups excluding carboxylic acids is 2. The zero-order valence-electron chi connectivity index (χ0n) is 17.1. The van der Waals surface area contributed by atoms with Gasteiger partial charge in [-0.1, -0.05) is 0 Å². The molecule has 3 rings (SSSR count). The lowest BCUT2D eigenvalue weighted by molar-refractivity contribution is -0.00153. The highest BCUT2D eigenvalue weighted by Crippen LogP contribution is 2.27. The van der Waals surface area contributed by atoms with Crippen molar-refractivity contribution in [3.05, 3.63) is 34.9 Å². The Labute approximate surface area is 159 Å². The molecule has 0 aromatic carbocycles. The molecule has 1 fully saturated rings. The predicted molar refractivity (Wildman–Crippen MR) is 102 cm³/mol. The smallest absolute Gasteiger partial charge is 0.272 e. The monoisotopic (exact) mass is 372 g/mol. The number of aryl methyl sites for hydroxylation is 4. The molecular weight excluding hydrogens is 344 g/mol. The zero-order valence-corrected chi connectivity index (χ0v) is 17.1. The Morgan fingerprint density at radius 1 is 1.00 bits per heavy atom. The van der Waals surface area contributed by atoms with Crippen molar-refractivity contribution in [1.82, 2.24) is 29.4 Å². The second-order valence-electron chi connectivity index (χ2n) is 8.10. The highest BCUT2D eigenvalue weighted by atomic mass is 16.2. The molecular formula is C19H28N6O2. The second kappa shape index (κ2) is 6.51. The van der Waals surface area contributed by atoms with Crippen molar-refractivity contribution in [3.63, 3.8) is 0 Å². The van der Waals surface area contributed by atoms with Crippen molar-refractivity contribution in [3.8, 4) is 0 Å². The molecule has 0 radical (unpaired) electrons. The molecule has 146 valence electrons. The van der Waals surface area contributed by atoms with Crippen molar-refractivity contribution < 1.29 is 9.59 Å². The van der Waals surface area contributed by atoms with Crippen LogP contribution in [0.2, 0.25) is 0 Å². The molecule has 2 aromatic rings. The molecule has 1 unspecified atom stereocenters. The van der Waals surface area contributed by atoms with Crippen LogP contribution in [0, 0.1) is 13.8 Å². The Hall–Kier alpha value is -2.64. The fourth-order valence-corrected chi connectivity index (χ4v) is 3.80. The Bertz CT molecular complexity index is 894. The normalized spacial score (nSPS) is 19.4. The molecule has 27 heavy (non-hydrogen) atoms. The minimum atomic E-state index is -0.495. The van der Waals surface area contributed by atoms with E-state index in [2.05, 4.69) is 10.2 Å². The molecule has 0 bridgehead atoms. The van der Waals surface area contributed by atoms with Crippen LogP contribution in [0.1, 0.15) is 53.1 Å². The maximum Gasteiger partial charge on any atom is 0.272 e. The molecule has 2 aromatic heterocycles. The van der Waals surface area contributed by atoms with Gasteiger partial charge in [0.1, 0.15) is 11.4 Å². The first kappa shape index (κ1) is 19.1. The summed E-state index contributed by atoms with van der Waals surface area (Å²) in [6.07, 6.45) is 0. The predicted octanol–water partition coefficient (Wildman–Crippen LogP) is 1.54. The Balaban J connectivity index is 1.86. The molecule has 1 atom stereocenters. The Morgan fingerprint density at radius 2 is 1.48 bits per heavy atom. The summed E-state index contributed by atoms with van der Waals surface area (Å²) in [6, 6.07) is 3.51. The summed E-state index contributed by atoms with van der Waals surface area (Å²) in [5.41, 5.74) is 2.26. The van der Waals surface area contributed by atoms with E-state index in [-0.39, 0.29) is 17.9 Å². The molecule has 0 spiro atoms.